The Kier molecular flexibility index (Phi) is 6.26. The highest BCUT2D eigenvalue weighted by atomic mass is 79.9. The molecule has 0 heterocycles. The van der Waals surface area contributed by atoms with Crippen molar-refractivity contribution in [3.8, 4) is 11.5 Å². The van der Waals surface area contributed by atoms with Crippen molar-refractivity contribution in [2.45, 2.75) is 32.9 Å². The van der Waals surface area contributed by atoms with Crippen LogP contribution in [0.3, 0.4) is 0 Å². The van der Waals surface area contributed by atoms with Crippen LogP contribution < -0.4 is 14.8 Å². The Morgan fingerprint density at radius 1 is 1.08 bits per heavy atom. The number of carbonyl (C=O) groups is 1. The zero-order valence-corrected chi connectivity index (χ0v) is 15.9. The number of nitrogens with one attached hydrogen (secondary N) is 1. The molecule has 0 aliphatic heterocycles. The largest absolute Gasteiger partial charge is 0.493 e. The van der Waals surface area contributed by atoms with Gasteiger partial charge in [0.2, 0.25) is 0 Å². The third-order valence-electron chi connectivity index (χ3n) is 3.51. The Labute approximate surface area is 151 Å². The maximum Gasteiger partial charge on any atom is 0.251 e. The van der Waals surface area contributed by atoms with E-state index in [0.717, 1.165) is 10.0 Å². The fourth-order valence-corrected chi connectivity index (χ4v) is 2.97. The van der Waals surface area contributed by atoms with Gasteiger partial charge in [-0.15, -0.1) is 0 Å². The number of hydrogen-bond acceptors (Lipinski definition) is 3. The summed E-state index contributed by atoms with van der Waals surface area (Å²) in [5.74, 6) is 1.01. The monoisotopic (exact) mass is 391 g/mol. The van der Waals surface area contributed by atoms with E-state index >= 15 is 0 Å². The van der Waals surface area contributed by atoms with Crippen LogP contribution in [0, 0.1) is 0 Å². The van der Waals surface area contributed by atoms with Crippen molar-refractivity contribution in [2.24, 2.45) is 0 Å². The molecule has 1 unspecified atom stereocenters. The first kappa shape index (κ1) is 18.3. The zero-order chi connectivity index (χ0) is 17.7. The van der Waals surface area contributed by atoms with Crippen LogP contribution in [0.1, 0.15) is 42.7 Å². The molecule has 1 N–H and O–H groups in total. The number of carbonyl (C=O) groups excluding carboxylic acids is 1. The van der Waals surface area contributed by atoms with Crippen LogP contribution in [-0.4, -0.2) is 19.1 Å². The Bertz CT molecular complexity index is 716. The van der Waals surface area contributed by atoms with E-state index in [9.17, 15) is 4.79 Å². The highest BCUT2D eigenvalue weighted by molar-refractivity contribution is 9.10. The topological polar surface area (TPSA) is 47.6 Å². The maximum absolute atomic E-state index is 12.5. The lowest BCUT2D eigenvalue weighted by Gasteiger charge is -2.17. The van der Waals surface area contributed by atoms with Crippen molar-refractivity contribution in [1.82, 2.24) is 5.32 Å². The number of amides is 1. The molecule has 0 fully saturated rings. The van der Waals surface area contributed by atoms with Crippen LogP contribution in [0.2, 0.25) is 0 Å². The fourth-order valence-electron chi connectivity index (χ4n) is 2.34. The highest BCUT2D eigenvalue weighted by Gasteiger charge is 2.16. The van der Waals surface area contributed by atoms with Gasteiger partial charge in [-0.2, -0.15) is 0 Å². The minimum atomic E-state index is -0.160. The number of methoxy groups -OCH3 is 1. The number of ether oxygens (including phenoxy) is 2. The number of halogens is 1. The molecule has 0 saturated carbocycles. The van der Waals surface area contributed by atoms with E-state index in [-0.39, 0.29) is 18.1 Å². The third-order valence-corrected chi connectivity index (χ3v) is 4.23. The van der Waals surface area contributed by atoms with E-state index in [1.807, 2.05) is 45.0 Å². The first-order valence-electron chi connectivity index (χ1n) is 7.82. The van der Waals surface area contributed by atoms with Crippen LogP contribution in [-0.2, 0) is 0 Å². The fraction of sp³-hybridized carbons (Fsp3) is 0.316. The Balaban J connectivity index is 2.16. The number of hydrogen-bond donors (Lipinski definition) is 1. The van der Waals surface area contributed by atoms with Crippen molar-refractivity contribution in [1.29, 1.82) is 0 Å². The van der Waals surface area contributed by atoms with E-state index in [0.29, 0.717) is 17.1 Å². The first-order valence-corrected chi connectivity index (χ1v) is 8.61. The van der Waals surface area contributed by atoms with E-state index < -0.39 is 0 Å². The van der Waals surface area contributed by atoms with Gasteiger partial charge in [-0.1, -0.05) is 34.1 Å². The molecule has 1 amide bonds. The van der Waals surface area contributed by atoms with Gasteiger partial charge in [0.25, 0.3) is 5.91 Å². The molecule has 0 saturated heterocycles. The molecule has 0 spiro atoms. The van der Waals surface area contributed by atoms with Crippen molar-refractivity contribution < 1.29 is 14.3 Å². The molecular formula is C19H22BrNO3. The molecule has 0 radical (unpaired) electrons. The Morgan fingerprint density at radius 3 is 2.42 bits per heavy atom. The van der Waals surface area contributed by atoms with Gasteiger partial charge in [-0.05, 0) is 50.6 Å². The molecule has 24 heavy (non-hydrogen) atoms. The molecule has 0 aromatic heterocycles. The lowest BCUT2D eigenvalue weighted by molar-refractivity contribution is 0.0939. The molecule has 2 rings (SSSR count). The molecule has 0 bridgehead atoms. The standard InChI is InChI=1S/C19H22BrNO3/c1-12(2)24-17-10-9-14(11-18(17)23-4)19(22)21-13(3)15-7-5-6-8-16(15)20/h5-13H,1-4H3,(H,21,22). The summed E-state index contributed by atoms with van der Waals surface area (Å²) in [4.78, 5) is 12.5. The van der Waals surface area contributed by atoms with Crippen LogP contribution >= 0.6 is 15.9 Å². The van der Waals surface area contributed by atoms with Crippen LogP contribution in [0.4, 0.5) is 0 Å². The lowest BCUT2D eigenvalue weighted by atomic mass is 10.1. The van der Waals surface area contributed by atoms with Crippen LogP contribution in [0.25, 0.3) is 0 Å². The lowest BCUT2D eigenvalue weighted by Crippen LogP contribution is -2.26. The Hall–Kier alpha value is -2.01. The van der Waals surface area contributed by atoms with E-state index in [1.165, 1.54) is 0 Å². The second-order valence-electron chi connectivity index (χ2n) is 5.75. The molecular weight excluding hydrogens is 370 g/mol. The van der Waals surface area contributed by atoms with Crippen LogP contribution in [0.5, 0.6) is 11.5 Å². The van der Waals surface area contributed by atoms with E-state index in [2.05, 4.69) is 21.2 Å². The second-order valence-corrected chi connectivity index (χ2v) is 6.60. The van der Waals surface area contributed by atoms with Gasteiger partial charge >= 0.3 is 0 Å². The summed E-state index contributed by atoms with van der Waals surface area (Å²) in [7, 11) is 1.56. The van der Waals surface area contributed by atoms with E-state index in [4.69, 9.17) is 9.47 Å². The van der Waals surface area contributed by atoms with Gasteiger partial charge in [0.1, 0.15) is 0 Å². The zero-order valence-electron chi connectivity index (χ0n) is 14.3. The van der Waals surface area contributed by atoms with Gasteiger partial charge in [-0.25, -0.2) is 0 Å². The molecule has 0 aliphatic rings. The first-order chi connectivity index (χ1) is 11.4. The summed E-state index contributed by atoms with van der Waals surface area (Å²) in [6.45, 7) is 5.84. The van der Waals surface area contributed by atoms with Crippen molar-refractivity contribution in [2.75, 3.05) is 7.11 Å². The summed E-state index contributed by atoms with van der Waals surface area (Å²) in [6, 6.07) is 12.9. The van der Waals surface area contributed by atoms with Gasteiger partial charge < -0.3 is 14.8 Å². The summed E-state index contributed by atoms with van der Waals surface area (Å²) < 4.78 is 12.0. The summed E-state index contributed by atoms with van der Waals surface area (Å²) in [5.41, 5.74) is 1.56. The summed E-state index contributed by atoms with van der Waals surface area (Å²) >= 11 is 3.51. The summed E-state index contributed by atoms with van der Waals surface area (Å²) in [5, 5.41) is 3.00. The summed E-state index contributed by atoms with van der Waals surface area (Å²) in [6.07, 6.45) is 0.0361. The average Bonchev–Trinajstić information content (AvgIpc) is 2.54. The van der Waals surface area contributed by atoms with Crippen molar-refractivity contribution >= 4 is 21.8 Å². The number of benzene rings is 2. The molecule has 0 aliphatic carbocycles. The predicted octanol–water partition coefficient (Wildman–Crippen LogP) is 4.74. The van der Waals surface area contributed by atoms with Gasteiger partial charge in [0.05, 0.1) is 19.3 Å². The smallest absolute Gasteiger partial charge is 0.251 e. The maximum atomic E-state index is 12.5. The minimum Gasteiger partial charge on any atom is -0.493 e. The molecule has 4 nitrogen and oxygen atoms in total. The molecule has 1 atom stereocenters. The molecule has 5 heteroatoms. The average molecular weight is 392 g/mol. The van der Waals surface area contributed by atoms with Crippen LogP contribution in [0.15, 0.2) is 46.9 Å². The highest BCUT2D eigenvalue weighted by Crippen LogP contribution is 2.29. The number of rotatable bonds is 6. The predicted molar refractivity (Wildman–Crippen MR) is 98.8 cm³/mol. The quantitative estimate of drug-likeness (QED) is 0.773. The molecule has 2 aromatic rings. The van der Waals surface area contributed by atoms with Gasteiger partial charge in [0.15, 0.2) is 11.5 Å². The van der Waals surface area contributed by atoms with Gasteiger partial charge in [-0.3, -0.25) is 4.79 Å². The SMILES string of the molecule is COc1cc(C(=O)NC(C)c2ccccc2Br)ccc1OC(C)C. The van der Waals surface area contributed by atoms with Crippen molar-refractivity contribution in [3.63, 3.8) is 0 Å². The van der Waals surface area contributed by atoms with Gasteiger partial charge in [0, 0.05) is 10.0 Å². The Morgan fingerprint density at radius 2 is 1.79 bits per heavy atom. The molecule has 128 valence electrons. The normalized spacial score (nSPS) is 11.9. The molecule has 2 aromatic carbocycles. The second kappa shape index (κ2) is 8.20. The van der Waals surface area contributed by atoms with E-state index in [1.54, 1.807) is 25.3 Å². The minimum absolute atomic E-state index is 0.0361. The van der Waals surface area contributed by atoms with Crippen molar-refractivity contribution in [3.05, 3.63) is 58.1 Å². The third kappa shape index (κ3) is 4.51.